The summed E-state index contributed by atoms with van der Waals surface area (Å²) in [6.07, 6.45) is 1.89. The SMILES string of the molecule is CC[C@H](O)c1ccc(N(C)CCO)cn1. The molecular formula is C11H18N2O2. The number of hydrogen-bond donors (Lipinski definition) is 2. The summed E-state index contributed by atoms with van der Waals surface area (Å²) in [6.45, 7) is 2.62. The Morgan fingerprint density at radius 2 is 2.20 bits per heavy atom. The van der Waals surface area contributed by atoms with Crippen molar-refractivity contribution in [2.24, 2.45) is 0 Å². The molecule has 0 spiro atoms. The van der Waals surface area contributed by atoms with E-state index in [4.69, 9.17) is 5.11 Å². The highest BCUT2D eigenvalue weighted by Gasteiger charge is 2.06. The van der Waals surface area contributed by atoms with E-state index in [-0.39, 0.29) is 6.61 Å². The molecule has 1 aromatic heterocycles. The van der Waals surface area contributed by atoms with Crippen molar-refractivity contribution in [2.75, 3.05) is 25.1 Å². The van der Waals surface area contributed by atoms with Gasteiger partial charge in [-0.15, -0.1) is 0 Å². The molecule has 0 aliphatic heterocycles. The molecule has 0 fully saturated rings. The summed E-state index contributed by atoms with van der Waals surface area (Å²) in [6, 6.07) is 3.72. The highest BCUT2D eigenvalue weighted by atomic mass is 16.3. The summed E-state index contributed by atoms with van der Waals surface area (Å²) in [7, 11) is 1.89. The molecule has 0 saturated carbocycles. The average molecular weight is 210 g/mol. The second kappa shape index (κ2) is 5.68. The van der Waals surface area contributed by atoms with Gasteiger partial charge in [0.15, 0.2) is 0 Å². The number of likely N-dealkylation sites (N-methyl/N-ethyl adjacent to an activating group) is 1. The highest BCUT2D eigenvalue weighted by molar-refractivity contribution is 5.43. The second-order valence-electron chi connectivity index (χ2n) is 3.51. The maximum Gasteiger partial charge on any atom is 0.0957 e. The summed E-state index contributed by atoms with van der Waals surface area (Å²) >= 11 is 0. The lowest BCUT2D eigenvalue weighted by molar-refractivity contribution is 0.169. The van der Waals surface area contributed by atoms with Crippen molar-refractivity contribution in [3.8, 4) is 0 Å². The first-order valence-corrected chi connectivity index (χ1v) is 5.15. The van der Waals surface area contributed by atoms with E-state index in [0.29, 0.717) is 18.7 Å². The van der Waals surface area contributed by atoms with Gasteiger partial charge in [0.2, 0.25) is 0 Å². The zero-order chi connectivity index (χ0) is 11.3. The Bertz CT molecular complexity index is 287. The number of anilines is 1. The molecule has 2 N–H and O–H groups in total. The molecule has 0 aliphatic rings. The van der Waals surface area contributed by atoms with Crippen molar-refractivity contribution in [2.45, 2.75) is 19.4 Å². The third-order valence-electron chi connectivity index (χ3n) is 2.38. The molecule has 4 heteroatoms. The topological polar surface area (TPSA) is 56.6 Å². The number of aliphatic hydroxyl groups excluding tert-OH is 2. The van der Waals surface area contributed by atoms with Gasteiger partial charge in [-0.3, -0.25) is 4.98 Å². The molecule has 0 radical (unpaired) electrons. The van der Waals surface area contributed by atoms with Crippen LogP contribution in [0.5, 0.6) is 0 Å². The molecule has 15 heavy (non-hydrogen) atoms. The van der Waals surface area contributed by atoms with E-state index in [0.717, 1.165) is 5.69 Å². The van der Waals surface area contributed by atoms with Gasteiger partial charge < -0.3 is 15.1 Å². The minimum atomic E-state index is -0.484. The fraction of sp³-hybridized carbons (Fsp3) is 0.545. The van der Waals surface area contributed by atoms with E-state index in [1.165, 1.54) is 0 Å². The van der Waals surface area contributed by atoms with E-state index in [2.05, 4.69) is 4.98 Å². The van der Waals surface area contributed by atoms with Crippen LogP contribution in [0, 0.1) is 0 Å². The molecule has 4 nitrogen and oxygen atoms in total. The minimum Gasteiger partial charge on any atom is -0.395 e. The quantitative estimate of drug-likeness (QED) is 0.760. The van der Waals surface area contributed by atoms with Gasteiger partial charge in [-0.1, -0.05) is 6.92 Å². The second-order valence-corrected chi connectivity index (χ2v) is 3.51. The Balaban J connectivity index is 2.71. The lowest BCUT2D eigenvalue weighted by Crippen LogP contribution is -2.21. The van der Waals surface area contributed by atoms with Crippen molar-refractivity contribution in [1.29, 1.82) is 0 Å². The number of rotatable bonds is 5. The van der Waals surface area contributed by atoms with E-state index in [9.17, 15) is 5.11 Å². The number of hydrogen-bond acceptors (Lipinski definition) is 4. The van der Waals surface area contributed by atoms with Gasteiger partial charge in [0, 0.05) is 13.6 Å². The molecule has 0 saturated heterocycles. The van der Waals surface area contributed by atoms with E-state index < -0.39 is 6.10 Å². The lowest BCUT2D eigenvalue weighted by Gasteiger charge is -2.18. The molecule has 1 rings (SSSR count). The predicted octanol–water partition coefficient (Wildman–Crippen LogP) is 0.954. The van der Waals surface area contributed by atoms with Crippen LogP contribution in [0.2, 0.25) is 0 Å². The first-order chi connectivity index (χ1) is 7.19. The van der Waals surface area contributed by atoms with Gasteiger partial charge in [0.25, 0.3) is 0 Å². The molecule has 0 aromatic carbocycles. The van der Waals surface area contributed by atoms with Crippen LogP contribution >= 0.6 is 0 Å². The summed E-state index contributed by atoms with van der Waals surface area (Å²) in [5, 5.41) is 18.3. The van der Waals surface area contributed by atoms with Crippen molar-refractivity contribution in [3.63, 3.8) is 0 Å². The molecule has 0 amide bonds. The Morgan fingerprint density at radius 1 is 1.47 bits per heavy atom. The predicted molar refractivity (Wildman–Crippen MR) is 59.8 cm³/mol. The fourth-order valence-electron chi connectivity index (χ4n) is 1.31. The monoisotopic (exact) mass is 210 g/mol. The van der Waals surface area contributed by atoms with Gasteiger partial charge >= 0.3 is 0 Å². The van der Waals surface area contributed by atoms with Crippen molar-refractivity contribution < 1.29 is 10.2 Å². The van der Waals surface area contributed by atoms with Crippen LogP contribution in [-0.4, -0.2) is 35.4 Å². The lowest BCUT2D eigenvalue weighted by atomic mass is 10.2. The molecular weight excluding hydrogens is 192 g/mol. The first kappa shape index (κ1) is 11.9. The number of aromatic nitrogens is 1. The average Bonchev–Trinajstić information content (AvgIpc) is 2.28. The van der Waals surface area contributed by atoms with Gasteiger partial charge in [-0.25, -0.2) is 0 Å². The maximum absolute atomic E-state index is 9.55. The van der Waals surface area contributed by atoms with Crippen LogP contribution in [0.4, 0.5) is 5.69 Å². The number of pyridine rings is 1. The summed E-state index contributed by atoms with van der Waals surface area (Å²) < 4.78 is 0. The normalized spacial score (nSPS) is 12.5. The highest BCUT2D eigenvalue weighted by Crippen LogP contribution is 2.17. The third kappa shape index (κ3) is 3.18. The Morgan fingerprint density at radius 3 is 2.67 bits per heavy atom. The molecule has 0 bridgehead atoms. The van der Waals surface area contributed by atoms with Crippen molar-refractivity contribution in [1.82, 2.24) is 4.98 Å². The van der Waals surface area contributed by atoms with Gasteiger partial charge in [0.1, 0.15) is 0 Å². The van der Waals surface area contributed by atoms with Crippen LogP contribution < -0.4 is 4.90 Å². The molecule has 0 aliphatic carbocycles. The number of aliphatic hydroxyl groups is 2. The molecule has 84 valence electrons. The zero-order valence-electron chi connectivity index (χ0n) is 9.22. The first-order valence-electron chi connectivity index (χ1n) is 5.15. The van der Waals surface area contributed by atoms with Crippen molar-refractivity contribution in [3.05, 3.63) is 24.0 Å². The fourth-order valence-corrected chi connectivity index (χ4v) is 1.31. The Kier molecular flexibility index (Phi) is 4.52. The van der Waals surface area contributed by atoms with E-state index in [1.807, 2.05) is 31.0 Å². The number of nitrogens with zero attached hydrogens (tertiary/aromatic N) is 2. The molecule has 1 aromatic rings. The van der Waals surface area contributed by atoms with Gasteiger partial charge in [0.05, 0.1) is 30.3 Å². The minimum absolute atomic E-state index is 0.121. The largest absolute Gasteiger partial charge is 0.395 e. The van der Waals surface area contributed by atoms with Gasteiger partial charge in [-0.2, -0.15) is 0 Å². The summed E-state index contributed by atoms with van der Waals surface area (Å²) in [5.74, 6) is 0. The van der Waals surface area contributed by atoms with Crippen LogP contribution in [-0.2, 0) is 0 Å². The smallest absolute Gasteiger partial charge is 0.0957 e. The maximum atomic E-state index is 9.55. The van der Waals surface area contributed by atoms with Crippen LogP contribution in [0.1, 0.15) is 25.1 Å². The molecule has 1 heterocycles. The molecule has 0 unspecified atom stereocenters. The Labute approximate surface area is 90.2 Å². The summed E-state index contributed by atoms with van der Waals surface area (Å²) in [4.78, 5) is 6.09. The van der Waals surface area contributed by atoms with Crippen LogP contribution in [0.25, 0.3) is 0 Å². The summed E-state index contributed by atoms with van der Waals surface area (Å²) in [5.41, 5.74) is 1.63. The van der Waals surface area contributed by atoms with Gasteiger partial charge in [-0.05, 0) is 18.6 Å². The Hall–Kier alpha value is -1.13. The third-order valence-corrected chi connectivity index (χ3v) is 2.38. The molecule has 1 atom stereocenters. The van der Waals surface area contributed by atoms with Crippen LogP contribution in [0.15, 0.2) is 18.3 Å². The van der Waals surface area contributed by atoms with E-state index >= 15 is 0 Å². The zero-order valence-corrected chi connectivity index (χ0v) is 9.22. The standard InChI is InChI=1S/C11H18N2O2/c1-3-11(15)10-5-4-9(8-12-10)13(2)6-7-14/h4-5,8,11,14-15H,3,6-7H2,1-2H3/t11-/m0/s1. The van der Waals surface area contributed by atoms with Crippen LogP contribution in [0.3, 0.4) is 0 Å². The van der Waals surface area contributed by atoms with Crippen molar-refractivity contribution >= 4 is 5.69 Å². The van der Waals surface area contributed by atoms with E-state index in [1.54, 1.807) is 6.20 Å².